The zero-order valence-electron chi connectivity index (χ0n) is 7.39. The summed E-state index contributed by atoms with van der Waals surface area (Å²) < 4.78 is 0.933. The first-order valence-electron chi connectivity index (χ1n) is 4.12. The minimum Gasteiger partial charge on any atom is -0.358 e. The molecule has 0 aliphatic carbocycles. The van der Waals surface area contributed by atoms with E-state index in [1.165, 1.54) is 10.9 Å². The van der Waals surface area contributed by atoms with Gasteiger partial charge in [-0.25, -0.2) is 0 Å². The van der Waals surface area contributed by atoms with Crippen LogP contribution >= 0.6 is 15.9 Å². The molecule has 0 fully saturated rings. The highest BCUT2D eigenvalue weighted by Crippen LogP contribution is 2.30. The summed E-state index contributed by atoms with van der Waals surface area (Å²) in [5.41, 5.74) is 3.49. The van der Waals surface area contributed by atoms with Crippen LogP contribution in [0.5, 0.6) is 0 Å². The van der Waals surface area contributed by atoms with E-state index < -0.39 is 0 Å². The lowest BCUT2D eigenvalue weighted by atomic mass is 10.1. The molecule has 0 atom stereocenters. The van der Waals surface area contributed by atoms with Gasteiger partial charge in [0.15, 0.2) is 0 Å². The number of H-pyrrole nitrogens is 1. The van der Waals surface area contributed by atoms with Crippen LogP contribution < -0.4 is 0 Å². The second kappa shape index (κ2) is 3.04. The monoisotopic (exact) mass is 235 g/mol. The van der Waals surface area contributed by atoms with Crippen molar-refractivity contribution in [3.8, 4) is 0 Å². The van der Waals surface area contributed by atoms with Gasteiger partial charge in [-0.15, -0.1) is 0 Å². The lowest BCUT2D eigenvalue weighted by Gasteiger charge is -1.96. The Morgan fingerprint density at radius 3 is 2.77 bits per heavy atom. The van der Waals surface area contributed by atoms with Crippen molar-refractivity contribution in [1.29, 1.82) is 0 Å². The number of aromatic amines is 1. The van der Waals surface area contributed by atoms with Gasteiger partial charge in [-0.05, 0) is 13.0 Å². The third-order valence-corrected chi connectivity index (χ3v) is 2.56. The standard InChI is InChI=1S/C11H10BrN/c1-7(12)11-8(2)13-10-6-4-3-5-9(10)11/h3-6,13H,1H2,2H3. The smallest absolute Gasteiger partial charge is 0.0462 e. The Kier molecular flexibility index (Phi) is 2.00. The fraction of sp³-hybridized carbons (Fsp3) is 0.0909. The average Bonchev–Trinajstić information content (AvgIpc) is 2.39. The maximum atomic E-state index is 3.91. The molecule has 1 nitrogen and oxygen atoms in total. The minimum atomic E-state index is 0.933. The molecule has 1 aromatic carbocycles. The van der Waals surface area contributed by atoms with Crippen molar-refractivity contribution in [2.24, 2.45) is 0 Å². The van der Waals surface area contributed by atoms with Gasteiger partial charge in [0.25, 0.3) is 0 Å². The molecule has 0 unspecified atom stereocenters. The summed E-state index contributed by atoms with van der Waals surface area (Å²) in [5, 5.41) is 1.22. The Morgan fingerprint density at radius 1 is 1.38 bits per heavy atom. The predicted molar refractivity (Wildman–Crippen MR) is 61.0 cm³/mol. The van der Waals surface area contributed by atoms with Crippen LogP contribution in [-0.4, -0.2) is 4.98 Å². The molecule has 1 aromatic heterocycles. The first kappa shape index (κ1) is 8.57. The van der Waals surface area contributed by atoms with Crippen LogP contribution in [0.25, 0.3) is 15.4 Å². The number of aryl methyl sites for hydroxylation is 1. The minimum absolute atomic E-state index is 0.933. The number of hydrogen-bond donors (Lipinski definition) is 1. The van der Waals surface area contributed by atoms with Crippen molar-refractivity contribution < 1.29 is 0 Å². The second-order valence-corrected chi connectivity index (χ2v) is 4.03. The van der Waals surface area contributed by atoms with Crippen LogP contribution in [0.4, 0.5) is 0 Å². The van der Waals surface area contributed by atoms with E-state index in [2.05, 4.69) is 46.5 Å². The molecule has 0 amide bonds. The third kappa shape index (κ3) is 1.31. The molecule has 1 N–H and O–H groups in total. The highest BCUT2D eigenvalue weighted by atomic mass is 79.9. The molecule has 0 radical (unpaired) electrons. The molecule has 0 saturated carbocycles. The van der Waals surface area contributed by atoms with Gasteiger partial charge in [0.2, 0.25) is 0 Å². The van der Waals surface area contributed by atoms with Gasteiger partial charge in [0.1, 0.15) is 0 Å². The number of rotatable bonds is 1. The summed E-state index contributed by atoms with van der Waals surface area (Å²) in [7, 11) is 0. The predicted octanol–water partition coefficient (Wildman–Crippen LogP) is 3.84. The van der Waals surface area contributed by atoms with Crippen molar-refractivity contribution in [2.45, 2.75) is 6.92 Å². The van der Waals surface area contributed by atoms with Crippen molar-refractivity contribution >= 4 is 31.3 Å². The normalized spacial score (nSPS) is 10.6. The maximum absolute atomic E-state index is 3.91. The van der Waals surface area contributed by atoms with Gasteiger partial charge in [-0.1, -0.05) is 40.7 Å². The fourth-order valence-corrected chi connectivity index (χ4v) is 2.14. The quantitative estimate of drug-likeness (QED) is 0.774. The number of benzene rings is 1. The van der Waals surface area contributed by atoms with Gasteiger partial charge in [0.05, 0.1) is 0 Å². The number of nitrogens with one attached hydrogen (secondary N) is 1. The first-order valence-corrected chi connectivity index (χ1v) is 4.91. The SMILES string of the molecule is C=C(Br)c1c(C)[nH]c2ccccc12. The van der Waals surface area contributed by atoms with Crippen molar-refractivity contribution in [3.63, 3.8) is 0 Å². The van der Waals surface area contributed by atoms with Gasteiger partial charge in [-0.2, -0.15) is 0 Å². The Bertz CT molecular complexity index is 468. The zero-order chi connectivity index (χ0) is 9.42. The molecule has 0 bridgehead atoms. The van der Waals surface area contributed by atoms with E-state index in [-0.39, 0.29) is 0 Å². The number of para-hydroxylation sites is 1. The highest BCUT2D eigenvalue weighted by molar-refractivity contribution is 9.15. The number of aromatic nitrogens is 1. The molecule has 2 rings (SSSR count). The van der Waals surface area contributed by atoms with Crippen LogP contribution in [0.1, 0.15) is 11.3 Å². The Hall–Kier alpha value is -1.02. The summed E-state index contributed by atoms with van der Waals surface area (Å²) >= 11 is 3.42. The fourth-order valence-electron chi connectivity index (χ4n) is 1.63. The first-order chi connectivity index (χ1) is 6.20. The van der Waals surface area contributed by atoms with Crippen LogP contribution in [-0.2, 0) is 0 Å². The molecule has 0 saturated heterocycles. The third-order valence-electron chi connectivity index (χ3n) is 2.16. The molecule has 13 heavy (non-hydrogen) atoms. The van der Waals surface area contributed by atoms with Crippen LogP contribution in [0.15, 0.2) is 30.8 Å². The van der Waals surface area contributed by atoms with Gasteiger partial charge in [-0.3, -0.25) is 0 Å². The summed E-state index contributed by atoms with van der Waals surface area (Å²) in [4.78, 5) is 3.32. The summed E-state index contributed by atoms with van der Waals surface area (Å²) in [6.07, 6.45) is 0. The van der Waals surface area contributed by atoms with E-state index in [0.29, 0.717) is 0 Å². The number of hydrogen-bond acceptors (Lipinski definition) is 0. The van der Waals surface area contributed by atoms with Gasteiger partial charge >= 0.3 is 0 Å². The van der Waals surface area contributed by atoms with E-state index in [1.54, 1.807) is 0 Å². The molecular weight excluding hydrogens is 226 g/mol. The second-order valence-electron chi connectivity index (χ2n) is 3.08. The average molecular weight is 236 g/mol. The van der Waals surface area contributed by atoms with Crippen LogP contribution in [0.3, 0.4) is 0 Å². The lowest BCUT2D eigenvalue weighted by molar-refractivity contribution is 1.29. The molecule has 0 spiro atoms. The van der Waals surface area contributed by atoms with E-state index in [1.807, 2.05) is 12.1 Å². The molecule has 66 valence electrons. The molecule has 2 aromatic rings. The highest BCUT2D eigenvalue weighted by Gasteiger charge is 2.07. The number of halogens is 1. The lowest BCUT2D eigenvalue weighted by Crippen LogP contribution is -1.76. The van der Waals surface area contributed by atoms with E-state index in [9.17, 15) is 0 Å². The largest absolute Gasteiger partial charge is 0.358 e. The zero-order valence-corrected chi connectivity index (χ0v) is 8.98. The molecule has 1 heterocycles. The Morgan fingerprint density at radius 2 is 2.08 bits per heavy atom. The molecule has 0 aliphatic rings. The molecular formula is C11H10BrN. The van der Waals surface area contributed by atoms with E-state index >= 15 is 0 Å². The van der Waals surface area contributed by atoms with Crippen LogP contribution in [0, 0.1) is 6.92 Å². The number of fused-ring (bicyclic) bond motifs is 1. The van der Waals surface area contributed by atoms with Gasteiger partial charge < -0.3 is 4.98 Å². The van der Waals surface area contributed by atoms with Crippen LogP contribution in [0.2, 0.25) is 0 Å². The molecule has 0 aliphatic heterocycles. The van der Waals surface area contributed by atoms with Crippen molar-refractivity contribution in [3.05, 3.63) is 42.1 Å². The summed E-state index contributed by atoms with van der Waals surface area (Å²) in [6.45, 7) is 5.96. The summed E-state index contributed by atoms with van der Waals surface area (Å²) in [5.74, 6) is 0. The summed E-state index contributed by atoms with van der Waals surface area (Å²) in [6, 6.07) is 8.23. The Labute approximate surface area is 85.6 Å². The maximum Gasteiger partial charge on any atom is 0.0462 e. The molecule has 2 heteroatoms. The topological polar surface area (TPSA) is 15.8 Å². The van der Waals surface area contributed by atoms with Gasteiger partial charge in [0, 0.05) is 26.6 Å². The Balaban J connectivity index is 2.86. The van der Waals surface area contributed by atoms with E-state index in [4.69, 9.17) is 0 Å². The van der Waals surface area contributed by atoms with Crippen molar-refractivity contribution in [2.75, 3.05) is 0 Å². The van der Waals surface area contributed by atoms with Crippen molar-refractivity contribution in [1.82, 2.24) is 4.98 Å². The van der Waals surface area contributed by atoms with E-state index in [0.717, 1.165) is 15.7 Å².